The van der Waals surface area contributed by atoms with Crippen molar-refractivity contribution in [2.75, 3.05) is 32.1 Å². The molecule has 1 atom stereocenters. The molecule has 2 heterocycles. The topological polar surface area (TPSA) is 74.7 Å². The average Bonchev–Trinajstić information content (AvgIpc) is 2.45. The zero-order chi connectivity index (χ0) is 15.6. The largest absolute Gasteiger partial charge is 0.394 e. The molecule has 0 radical (unpaired) electrons. The molecule has 1 aromatic heterocycles. The normalized spacial score (nSPS) is 21.2. The van der Waals surface area contributed by atoms with Gasteiger partial charge in [0.25, 0.3) is 5.91 Å². The van der Waals surface area contributed by atoms with E-state index in [1.807, 2.05) is 13.8 Å². The minimum Gasteiger partial charge on any atom is -0.394 e. The Hall–Kier alpha value is -1.73. The molecule has 116 valence electrons. The molecule has 1 aliphatic heterocycles. The Morgan fingerprint density at radius 3 is 3.00 bits per heavy atom. The lowest BCUT2D eigenvalue weighted by Crippen LogP contribution is -2.55. The first-order valence-electron chi connectivity index (χ1n) is 6.78. The van der Waals surface area contributed by atoms with E-state index in [-0.39, 0.29) is 24.5 Å². The van der Waals surface area contributed by atoms with Crippen LogP contribution in [0.2, 0.25) is 0 Å². The number of carbonyl (C=O) groups is 1. The van der Waals surface area contributed by atoms with E-state index in [9.17, 15) is 14.3 Å². The van der Waals surface area contributed by atoms with Gasteiger partial charge in [-0.1, -0.05) is 0 Å². The van der Waals surface area contributed by atoms with Crippen molar-refractivity contribution in [3.05, 3.63) is 23.6 Å². The standard InChI is InChI=1S/C14H20FN3O3/c1-14(2)8-18(6-9(7-19)21-14)13(20)10-4-5-17-12(16-3)11(10)15/h4-5,9,19H,6-8H2,1-3H3,(H,16,17). The quantitative estimate of drug-likeness (QED) is 0.866. The number of hydrogen-bond acceptors (Lipinski definition) is 5. The number of aromatic nitrogens is 1. The third-order valence-electron chi connectivity index (χ3n) is 3.33. The van der Waals surface area contributed by atoms with Crippen LogP contribution in [0.15, 0.2) is 12.3 Å². The highest BCUT2D eigenvalue weighted by Gasteiger charge is 2.36. The lowest BCUT2D eigenvalue weighted by atomic mass is 10.0. The first-order chi connectivity index (χ1) is 9.88. The highest BCUT2D eigenvalue weighted by Crippen LogP contribution is 2.24. The molecule has 0 bridgehead atoms. The lowest BCUT2D eigenvalue weighted by Gasteiger charge is -2.42. The third kappa shape index (κ3) is 3.30. The molecule has 7 heteroatoms. The van der Waals surface area contributed by atoms with Crippen molar-refractivity contribution in [3.8, 4) is 0 Å². The van der Waals surface area contributed by atoms with Crippen molar-refractivity contribution in [3.63, 3.8) is 0 Å². The number of hydrogen-bond donors (Lipinski definition) is 2. The summed E-state index contributed by atoms with van der Waals surface area (Å²) in [5.41, 5.74) is -0.625. The van der Waals surface area contributed by atoms with Crippen molar-refractivity contribution >= 4 is 11.7 Å². The van der Waals surface area contributed by atoms with Crippen LogP contribution in [0, 0.1) is 5.82 Å². The second kappa shape index (κ2) is 5.95. The summed E-state index contributed by atoms with van der Waals surface area (Å²) < 4.78 is 19.8. The average molecular weight is 297 g/mol. The predicted octanol–water partition coefficient (Wildman–Crippen LogP) is 0.874. The van der Waals surface area contributed by atoms with Crippen molar-refractivity contribution in [1.82, 2.24) is 9.88 Å². The van der Waals surface area contributed by atoms with Crippen molar-refractivity contribution in [2.24, 2.45) is 0 Å². The third-order valence-corrected chi connectivity index (χ3v) is 3.33. The van der Waals surface area contributed by atoms with Crippen molar-refractivity contribution in [1.29, 1.82) is 0 Å². The molecule has 1 amide bonds. The van der Waals surface area contributed by atoms with E-state index < -0.39 is 23.4 Å². The summed E-state index contributed by atoms with van der Waals surface area (Å²) in [5.74, 6) is -1.07. The fourth-order valence-corrected chi connectivity index (χ4v) is 2.50. The van der Waals surface area contributed by atoms with Crippen LogP contribution < -0.4 is 5.32 Å². The van der Waals surface area contributed by atoms with Gasteiger partial charge < -0.3 is 20.1 Å². The van der Waals surface area contributed by atoms with Crippen LogP contribution >= 0.6 is 0 Å². The van der Waals surface area contributed by atoms with Crippen molar-refractivity contribution < 1.29 is 19.0 Å². The first kappa shape index (κ1) is 15.7. The number of halogens is 1. The van der Waals surface area contributed by atoms with E-state index in [0.717, 1.165) is 0 Å². The maximum atomic E-state index is 14.2. The number of amides is 1. The molecule has 21 heavy (non-hydrogen) atoms. The van der Waals surface area contributed by atoms with Gasteiger partial charge in [-0.15, -0.1) is 0 Å². The lowest BCUT2D eigenvalue weighted by molar-refractivity contribution is -0.139. The Kier molecular flexibility index (Phi) is 4.43. The van der Waals surface area contributed by atoms with Crippen LogP contribution in [0.1, 0.15) is 24.2 Å². The molecule has 0 saturated carbocycles. The number of morpholine rings is 1. The minimum absolute atomic E-state index is 0.0343. The van der Waals surface area contributed by atoms with Crippen LogP contribution in [-0.4, -0.2) is 59.3 Å². The van der Waals surface area contributed by atoms with E-state index in [2.05, 4.69) is 10.3 Å². The summed E-state index contributed by atoms with van der Waals surface area (Å²) in [5, 5.41) is 11.9. The molecule has 1 aromatic rings. The number of aliphatic hydroxyl groups excluding tert-OH is 1. The molecular weight excluding hydrogens is 277 g/mol. The van der Waals surface area contributed by atoms with E-state index in [0.29, 0.717) is 6.54 Å². The molecule has 2 rings (SSSR count). The number of pyridine rings is 1. The molecule has 6 nitrogen and oxygen atoms in total. The van der Waals surface area contributed by atoms with E-state index in [1.54, 1.807) is 7.05 Å². The van der Waals surface area contributed by atoms with Crippen molar-refractivity contribution in [2.45, 2.75) is 25.6 Å². The number of nitrogens with one attached hydrogen (secondary N) is 1. The van der Waals surface area contributed by atoms with Gasteiger partial charge in [-0.2, -0.15) is 0 Å². The van der Waals surface area contributed by atoms with Gasteiger partial charge in [-0.05, 0) is 19.9 Å². The molecule has 0 aromatic carbocycles. The van der Waals surface area contributed by atoms with Gasteiger partial charge in [0.15, 0.2) is 11.6 Å². The van der Waals surface area contributed by atoms with Gasteiger partial charge in [-0.25, -0.2) is 9.37 Å². The molecule has 1 saturated heterocycles. The fraction of sp³-hybridized carbons (Fsp3) is 0.571. The molecule has 1 fully saturated rings. The number of nitrogens with zero attached hydrogens (tertiary/aromatic N) is 2. The minimum atomic E-state index is -0.671. The van der Waals surface area contributed by atoms with Gasteiger partial charge >= 0.3 is 0 Å². The summed E-state index contributed by atoms with van der Waals surface area (Å²) in [4.78, 5) is 17.9. The summed E-state index contributed by atoms with van der Waals surface area (Å²) in [6.07, 6.45) is 0.920. The summed E-state index contributed by atoms with van der Waals surface area (Å²) >= 11 is 0. The van der Waals surface area contributed by atoms with Gasteiger partial charge in [0, 0.05) is 26.3 Å². The molecule has 0 aliphatic carbocycles. The van der Waals surface area contributed by atoms with Crippen LogP contribution in [-0.2, 0) is 4.74 Å². The predicted molar refractivity (Wildman–Crippen MR) is 75.7 cm³/mol. The second-order valence-electron chi connectivity index (χ2n) is 5.64. The number of rotatable bonds is 3. The van der Waals surface area contributed by atoms with Crippen LogP contribution in [0.4, 0.5) is 10.2 Å². The van der Waals surface area contributed by atoms with Gasteiger partial charge in [-0.3, -0.25) is 4.79 Å². The maximum absolute atomic E-state index is 14.2. The van der Waals surface area contributed by atoms with Gasteiger partial charge in [0.05, 0.1) is 23.9 Å². The zero-order valence-corrected chi connectivity index (χ0v) is 12.4. The molecule has 1 aliphatic rings. The SMILES string of the molecule is CNc1nccc(C(=O)N2CC(CO)OC(C)(C)C2)c1F. The highest BCUT2D eigenvalue weighted by atomic mass is 19.1. The smallest absolute Gasteiger partial charge is 0.257 e. The molecule has 0 spiro atoms. The number of aliphatic hydroxyl groups is 1. The summed E-state index contributed by atoms with van der Waals surface area (Å²) in [7, 11) is 1.54. The van der Waals surface area contributed by atoms with Crippen LogP contribution in [0.3, 0.4) is 0 Å². The molecule has 2 N–H and O–H groups in total. The van der Waals surface area contributed by atoms with Crippen LogP contribution in [0.25, 0.3) is 0 Å². The number of anilines is 1. The van der Waals surface area contributed by atoms with E-state index in [1.165, 1.54) is 17.2 Å². The number of ether oxygens (including phenoxy) is 1. The first-order valence-corrected chi connectivity index (χ1v) is 6.78. The Balaban J connectivity index is 2.27. The summed E-state index contributed by atoms with van der Waals surface area (Å²) in [6.45, 7) is 4.04. The zero-order valence-electron chi connectivity index (χ0n) is 12.4. The van der Waals surface area contributed by atoms with Gasteiger partial charge in [0.2, 0.25) is 0 Å². The van der Waals surface area contributed by atoms with E-state index >= 15 is 0 Å². The Labute approximate surface area is 122 Å². The van der Waals surface area contributed by atoms with E-state index in [4.69, 9.17) is 4.74 Å². The Morgan fingerprint density at radius 1 is 1.67 bits per heavy atom. The Morgan fingerprint density at radius 2 is 2.38 bits per heavy atom. The van der Waals surface area contributed by atoms with Crippen LogP contribution in [0.5, 0.6) is 0 Å². The summed E-state index contributed by atoms with van der Waals surface area (Å²) in [6, 6.07) is 1.36. The highest BCUT2D eigenvalue weighted by molar-refractivity contribution is 5.95. The fourth-order valence-electron chi connectivity index (χ4n) is 2.50. The second-order valence-corrected chi connectivity index (χ2v) is 5.64. The Bertz CT molecular complexity index is 536. The number of carbonyl (C=O) groups excluding carboxylic acids is 1. The molecular formula is C14H20FN3O3. The molecule has 1 unspecified atom stereocenters. The monoisotopic (exact) mass is 297 g/mol. The van der Waals surface area contributed by atoms with Gasteiger partial charge in [0.1, 0.15) is 0 Å². The maximum Gasteiger partial charge on any atom is 0.257 e.